The van der Waals surface area contributed by atoms with Crippen molar-refractivity contribution in [2.75, 3.05) is 13.1 Å². The van der Waals surface area contributed by atoms with E-state index in [1.165, 1.54) is 0 Å². The number of fused-ring (bicyclic) bond motifs is 1. The zero-order valence-corrected chi connectivity index (χ0v) is 10.7. The van der Waals surface area contributed by atoms with Crippen LogP contribution < -0.4 is 5.32 Å². The van der Waals surface area contributed by atoms with Crippen molar-refractivity contribution in [1.82, 2.24) is 10.3 Å². The summed E-state index contributed by atoms with van der Waals surface area (Å²) in [5, 5.41) is 14.6. The third kappa shape index (κ3) is 2.76. The molecule has 2 N–H and O–H groups in total. The molecule has 1 aliphatic rings. The Hall–Kier alpha value is -1.89. The van der Waals surface area contributed by atoms with Crippen LogP contribution in [0.2, 0.25) is 0 Å². The highest BCUT2D eigenvalue weighted by atomic mass is 16.3. The zero-order valence-electron chi connectivity index (χ0n) is 10.7. The highest BCUT2D eigenvalue weighted by Gasteiger charge is 2.26. The largest absolute Gasteiger partial charge is 0.377 e. The lowest BCUT2D eigenvalue weighted by Gasteiger charge is -2.27. The summed E-state index contributed by atoms with van der Waals surface area (Å²) in [5.41, 5.74) is 0.968. The number of para-hydroxylation sites is 1. The van der Waals surface area contributed by atoms with Crippen molar-refractivity contribution in [3.05, 3.63) is 42.1 Å². The van der Waals surface area contributed by atoms with Gasteiger partial charge >= 0.3 is 0 Å². The molecule has 0 spiro atoms. The summed E-state index contributed by atoms with van der Waals surface area (Å²) < 4.78 is 0. The van der Waals surface area contributed by atoms with E-state index >= 15 is 0 Å². The summed E-state index contributed by atoms with van der Waals surface area (Å²) in [7, 11) is 0. The maximum absolute atomic E-state index is 10.3. The first-order valence-electron chi connectivity index (χ1n) is 6.56. The van der Waals surface area contributed by atoms with Crippen LogP contribution in [-0.2, 0) is 0 Å². The molecule has 3 rings (SSSR count). The van der Waals surface area contributed by atoms with Crippen LogP contribution >= 0.6 is 0 Å². The maximum Gasteiger partial charge on any atom is 0.128 e. The molecule has 1 aromatic carbocycles. The van der Waals surface area contributed by atoms with Gasteiger partial charge in [-0.25, -0.2) is 0 Å². The molecule has 0 bridgehead atoms. The van der Waals surface area contributed by atoms with Crippen molar-refractivity contribution in [1.29, 1.82) is 0 Å². The summed E-state index contributed by atoms with van der Waals surface area (Å²) in [6.45, 7) is 1.64. The Labute approximate surface area is 112 Å². The summed E-state index contributed by atoms with van der Waals surface area (Å²) in [6, 6.07) is 9.97. The monoisotopic (exact) mass is 252 g/mol. The number of benzene rings is 1. The first-order chi connectivity index (χ1) is 9.25. The average molecular weight is 252 g/mol. The maximum atomic E-state index is 10.3. The molecule has 0 saturated carbocycles. The van der Waals surface area contributed by atoms with Gasteiger partial charge in [-0.2, -0.15) is 0 Å². The van der Waals surface area contributed by atoms with Crippen molar-refractivity contribution < 1.29 is 5.11 Å². The smallest absolute Gasteiger partial charge is 0.128 e. The number of aliphatic hydroxyl groups is 1. The minimum atomic E-state index is -0.850. The first-order valence-corrected chi connectivity index (χ1v) is 6.56. The summed E-state index contributed by atoms with van der Waals surface area (Å²) in [6.07, 6.45) is 3.13. The Balaban J connectivity index is 1.89. The molecule has 0 unspecified atom stereocenters. The quantitative estimate of drug-likeness (QED) is 0.701. The molecule has 1 fully saturated rings. The predicted octanol–water partition coefficient (Wildman–Crippen LogP) is 1.70. The highest BCUT2D eigenvalue weighted by molar-refractivity contribution is 5.79. The molecule has 96 valence electrons. The Morgan fingerprint density at radius 1 is 1.21 bits per heavy atom. The minimum absolute atomic E-state index is 0.682. The third-order valence-electron chi connectivity index (χ3n) is 3.46. The molecule has 3 heteroatoms. The van der Waals surface area contributed by atoms with Crippen LogP contribution in [0, 0.1) is 11.8 Å². The average Bonchev–Trinajstić information content (AvgIpc) is 2.46. The van der Waals surface area contributed by atoms with E-state index in [1.807, 2.05) is 30.3 Å². The SMILES string of the molecule is OC1(C#Cc2cnc3ccccc3c2)CCNCC1. The van der Waals surface area contributed by atoms with Gasteiger partial charge in [0.1, 0.15) is 5.60 Å². The van der Waals surface area contributed by atoms with Gasteiger partial charge < -0.3 is 10.4 Å². The molecule has 1 aromatic heterocycles. The summed E-state index contributed by atoms with van der Waals surface area (Å²) >= 11 is 0. The molecule has 2 aromatic rings. The van der Waals surface area contributed by atoms with Crippen LogP contribution in [0.25, 0.3) is 10.9 Å². The van der Waals surface area contributed by atoms with E-state index in [0.29, 0.717) is 12.8 Å². The first kappa shape index (κ1) is 12.2. The van der Waals surface area contributed by atoms with Gasteiger partial charge in [0.2, 0.25) is 0 Å². The van der Waals surface area contributed by atoms with E-state index in [4.69, 9.17) is 0 Å². The Morgan fingerprint density at radius 2 is 2.00 bits per heavy atom. The van der Waals surface area contributed by atoms with Gasteiger partial charge in [0.05, 0.1) is 5.52 Å². The Kier molecular flexibility index (Phi) is 3.20. The van der Waals surface area contributed by atoms with Crippen LogP contribution in [0.4, 0.5) is 0 Å². The fourth-order valence-electron chi connectivity index (χ4n) is 2.29. The number of pyridine rings is 1. The highest BCUT2D eigenvalue weighted by Crippen LogP contribution is 2.17. The van der Waals surface area contributed by atoms with Gasteiger partial charge in [0.25, 0.3) is 0 Å². The van der Waals surface area contributed by atoms with E-state index in [-0.39, 0.29) is 0 Å². The second-order valence-corrected chi connectivity index (χ2v) is 4.95. The molecule has 1 aliphatic heterocycles. The van der Waals surface area contributed by atoms with Gasteiger partial charge in [-0.1, -0.05) is 30.0 Å². The minimum Gasteiger partial charge on any atom is -0.377 e. The lowest BCUT2D eigenvalue weighted by atomic mass is 9.93. The van der Waals surface area contributed by atoms with E-state index < -0.39 is 5.60 Å². The lowest BCUT2D eigenvalue weighted by Crippen LogP contribution is -2.40. The topological polar surface area (TPSA) is 45.2 Å². The van der Waals surface area contributed by atoms with Gasteiger partial charge in [-0.3, -0.25) is 4.98 Å². The molecule has 1 saturated heterocycles. The van der Waals surface area contributed by atoms with Gasteiger partial charge in [0, 0.05) is 17.1 Å². The van der Waals surface area contributed by atoms with Crippen LogP contribution in [0.3, 0.4) is 0 Å². The molecule has 2 heterocycles. The van der Waals surface area contributed by atoms with Crippen LogP contribution in [0.5, 0.6) is 0 Å². The van der Waals surface area contributed by atoms with E-state index in [0.717, 1.165) is 29.6 Å². The van der Waals surface area contributed by atoms with Crippen molar-refractivity contribution >= 4 is 10.9 Å². The van der Waals surface area contributed by atoms with Crippen LogP contribution in [-0.4, -0.2) is 28.8 Å². The van der Waals surface area contributed by atoms with Crippen LogP contribution in [0.15, 0.2) is 36.5 Å². The number of piperidine rings is 1. The van der Waals surface area contributed by atoms with Gasteiger partial charge in [-0.15, -0.1) is 0 Å². The normalized spacial score (nSPS) is 17.7. The number of aromatic nitrogens is 1. The number of nitrogens with zero attached hydrogens (tertiary/aromatic N) is 1. The molecule has 19 heavy (non-hydrogen) atoms. The van der Waals surface area contributed by atoms with E-state index in [1.54, 1.807) is 6.20 Å². The molecule has 0 radical (unpaired) electrons. The third-order valence-corrected chi connectivity index (χ3v) is 3.46. The Bertz CT molecular complexity index is 648. The molecule has 0 aliphatic carbocycles. The molecule has 3 nitrogen and oxygen atoms in total. The van der Waals surface area contributed by atoms with Gasteiger partial charge in [-0.05, 0) is 38.1 Å². The van der Waals surface area contributed by atoms with Crippen molar-refractivity contribution in [3.63, 3.8) is 0 Å². The predicted molar refractivity (Wildman–Crippen MR) is 75.7 cm³/mol. The van der Waals surface area contributed by atoms with Gasteiger partial charge in [0.15, 0.2) is 0 Å². The van der Waals surface area contributed by atoms with Crippen molar-refractivity contribution in [2.45, 2.75) is 18.4 Å². The molecule has 0 amide bonds. The van der Waals surface area contributed by atoms with Crippen molar-refractivity contribution in [2.24, 2.45) is 0 Å². The summed E-state index contributed by atoms with van der Waals surface area (Å²) in [4.78, 5) is 4.37. The molecular weight excluding hydrogens is 236 g/mol. The van der Waals surface area contributed by atoms with Crippen LogP contribution in [0.1, 0.15) is 18.4 Å². The lowest BCUT2D eigenvalue weighted by molar-refractivity contribution is 0.0679. The standard InChI is InChI=1S/C16H16N2O/c19-16(7-9-17-10-8-16)6-5-13-11-14-3-1-2-4-15(14)18-12-13/h1-4,11-12,17,19H,7-10H2. The number of nitrogens with one attached hydrogen (secondary N) is 1. The Morgan fingerprint density at radius 3 is 2.84 bits per heavy atom. The molecular formula is C16H16N2O. The second-order valence-electron chi connectivity index (χ2n) is 4.95. The number of hydrogen-bond acceptors (Lipinski definition) is 3. The van der Waals surface area contributed by atoms with E-state index in [2.05, 4.69) is 22.1 Å². The number of rotatable bonds is 0. The summed E-state index contributed by atoms with van der Waals surface area (Å²) in [5.74, 6) is 6.06. The van der Waals surface area contributed by atoms with Crippen molar-refractivity contribution in [3.8, 4) is 11.8 Å². The molecule has 0 atom stereocenters. The number of hydrogen-bond donors (Lipinski definition) is 2. The zero-order chi connectivity index (χ0) is 13.1. The second kappa shape index (κ2) is 5.00. The fourth-order valence-corrected chi connectivity index (χ4v) is 2.29. The van der Waals surface area contributed by atoms with E-state index in [9.17, 15) is 5.11 Å². The fraction of sp³-hybridized carbons (Fsp3) is 0.312.